The third-order valence-electron chi connectivity index (χ3n) is 3.72. The van der Waals surface area contributed by atoms with Crippen molar-refractivity contribution in [2.45, 2.75) is 9.79 Å². The average molecular weight is 492 g/mol. The topological polar surface area (TPSA) is 92.3 Å². The molecule has 0 aromatic heterocycles. The lowest BCUT2D eigenvalue weighted by molar-refractivity contribution is 0.600. The summed E-state index contributed by atoms with van der Waals surface area (Å²) in [4.78, 5) is -0.0457. The Morgan fingerprint density at radius 3 is 1.62 bits per heavy atom. The lowest BCUT2D eigenvalue weighted by Gasteiger charge is -2.11. The van der Waals surface area contributed by atoms with Crippen LogP contribution in [0.1, 0.15) is 0 Å². The number of nitrogens with one attached hydrogen (secondary N) is 2. The molecule has 0 atom stereocenters. The third kappa shape index (κ3) is 5.34. The molecule has 0 radical (unpaired) electrons. The second-order valence-corrected chi connectivity index (χ2v) is 10.5. The van der Waals surface area contributed by atoms with E-state index in [-0.39, 0.29) is 26.2 Å². The molecule has 0 bridgehead atoms. The maximum atomic E-state index is 12.5. The molecule has 0 saturated carbocycles. The molecule has 29 heavy (non-hydrogen) atoms. The molecule has 3 aromatic rings. The largest absolute Gasteiger partial charge is 0.280 e. The minimum atomic E-state index is -3.94. The van der Waals surface area contributed by atoms with Crippen molar-refractivity contribution in [3.05, 3.63) is 81.8 Å². The first-order valence-electron chi connectivity index (χ1n) is 7.93. The average Bonchev–Trinajstić information content (AvgIpc) is 2.64. The highest BCUT2D eigenvalue weighted by atomic mass is 35.5. The second-order valence-electron chi connectivity index (χ2n) is 5.81. The predicted molar refractivity (Wildman–Crippen MR) is 116 cm³/mol. The molecule has 6 nitrogen and oxygen atoms in total. The minimum absolute atomic E-state index is 0.0256. The van der Waals surface area contributed by atoms with Gasteiger partial charge in [-0.25, -0.2) is 16.8 Å². The maximum absolute atomic E-state index is 12.5. The number of halogens is 3. The summed E-state index contributed by atoms with van der Waals surface area (Å²) in [6, 6.07) is 15.2. The summed E-state index contributed by atoms with van der Waals surface area (Å²) in [5.41, 5.74) is 0.368. The Hall–Kier alpha value is -1.97. The van der Waals surface area contributed by atoms with Crippen LogP contribution in [0.5, 0.6) is 0 Å². The van der Waals surface area contributed by atoms with E-state index in [1.807, 2.05) is 0 Å². The van der Waals surface area contributed by atoms with Crippen molar-refractivity contribution in [2.24, 2.45) is 0 Å². The van der Waals surface area contributed by atoms with E-state index in [4.69, 9.17) is 34.8 Å². The van der Waals surface area contributed by atoms with E-state index in [1.165, 1.54) is 66.7 Å². The number of rotatable bonds is 6. The molecule has 11 heteroatoms. The number of anilines is 2. The van der Waals surface area contributed by atoms with E-state index in [2.05, 4.69) is 9.44 Å². The first kappa shape index (κ1) is 21.7. The molecule has 0 unspecified atom stereocenters. The van der Waals surface area contributed by atoms with Crippen molar-refractivity contribution in [1.82, 2.24) is 0 Å². The van der Waals surface area contributed by atoms with Crippen LogP contribution < -0.4 is 9.44 Å². The van der Waals surface area contributed by atoms with Crippen LogP contribution in [-0.4, -0.2) is 16.8 Å². The Labute approximate surface area is 183 Å². The van der Waals surface area contributed by atoms with E-state index in [0.717, 1.165) is 0 Å². The molecule has 152 valence electrons. The van der Waals surface area contributed by atoms with Gasteiger partial charge in [-0.1, -0.05) is 34.8 Å². The summed E-state index contributed by atoms with van der Waals surface area (Å²) >= 11 is 17.6. The van der Waals surface area contributed by atoms with Gasteiger partial charge in [-0.3, -0.25) is 9.44 Å². The van der Waals surface area contributed by atoms with Gasteiger partial charge in [0.2, 0.25) is 0 Å². The van der Waals surface area contributed by atoms with Crippen LogP contribution in [0.15, 0.2) is 76.5 Å². The third-order valence-corrected chi connectivity index (χ3v) is 7.29. The Kier molecular flexibility index (Phi) is 6.30. The van der Waals surface area contributed by atoms with Crippen LogP contribution in [0.2, 0.25) is 15.1 Å². The Bertz CT molecular complexity index is 1250. The van der Waals surface area contributed by atoms with E-state index in [1.54, 1.807) is 0 Å². The minimum Gasteiger partial charge on any atom is -0.280 e. The van der Waals surface area contributed by atoms with Crippen LogP contribution in [0.25, 0.3) is 0 Å². The SMILES string of the molecule is O=S(=O)(Nc1ccc(S(=O)(=O)Nc2ccc(Cl)cc2Cl)cc1)c1ccc(Cl)cc1. The monoisotopic (exact) mass is 490 g/mol. The first-order valence-corrected chi connectivity index (χ1v) is 12.0. The van der Waals surface area contributed by atoms with Gasteiger partial charge < -0.3 is 0 Å². The van der Waals surface area contributed by atoms with Crippen molar-refractivity contribution in [3.8, 4) is 0 Å². The van der Waals surface area contributed by atoms with Gasteiger partial charge >= 0.3 is 0 Å². The number of hydrogen-bond donors (Lipinski definition) is 2. The van der Waals surface area contributed by atoms with Gasteiger partial charge in [0.05, 0.1) is 20.5 Å². The molecule has 0 fully saturated rings. The lowest BCUT2D eigenvalue weighted by atomic mass is 10.3. The van der Waals surface area contributed by atoms with Gasteiger partial charge in [0.15, 0.2) is 0 Å². The molecule has 0 aliphatic heterocycles. The molecule has 3 aromatic carbocycles. The van der Waals surface area contributed by atoms with Crippen LogP contribution in [0.4, 0.5) is 11.4 Å². The predicted octanol–water partition coefficient (Wildman–Crippen LogP) is 5.25. The Morgan fingerprint density at radius 1 is 0.586 bits per heavy atom. The standard InChI is InChI=1S/C18H13Cl3N2O4S2/c19-12-1-6-15(7-2-12)28(24,25)22-14-4-8-16(9-5-14)29(26,27)23-18-10-3-13(20)11-17(18)21/h1-11,22-23H. The van der Waals surface area contributed by atoms with E-state index in [0.29, 0.717) is 10.0 Å². The Morgan fingerprint density at radius 2 is 1.07 bits per heavy atom. The quantitative estimate of drug-likeness (QED) is 0.493. The normalized spacial score (nSPS) is 11.8. The molecule has 0 spiro atoms. The van der Waals surface area contributed by atoms with Crippen molar-refractivity contribution in [2.75, 3.05) is 9.44 Å². The summed E-state index contributed by atoms with van der Waals surface area (Å²) in [5.74, 6) is 0. The number of sulfonamides is 2. The summed E-state index contributed by atoms with van der Waals surface area (Å²) in [7, 11) is -7.78. The molecular weight excluding hydrogens is 479 g/mol. The first-order chi connectivity index (χ1) is 13.6. The van der Waals surface area contributed by atoms with Crippen LogP contribution in [0, 0.1) is 0 Å². The van der Waals surface area contributed by atoms with Crippen LogP contribution >= 0.6 is 34.8 Å². The zero-order chi connectivity index (χ0) is 21.2. The highest BCUT2D eigenvalue weighted by molar-refractivity contribution is 7.93. The summed E-state index contributed by atoms with van der Waals surface area (Å²) in [5, 5.41) is 0.926. The number of hydrogen-bond acceptors (Lipinski definition) is 4. The molecule has 0 aliphatic carbocycles. The summed E-state index contributed by atoms with van der Waals surface area (Å²) in [6.07, 6.45) is 0. The molecule has 0 heterocycles. The number of benzene rings is 3. The molecule has 0 aliphatic rings. The van der Waals surface area contributed by atoms with Crippen molar-refractivity contribution < 1.29 is 16.8 Å². The second kappa shape index (κ2) is 8.41. The molecule has 0 amide bonds. The van der Waals surface area contributed by atoms with E-state index < -0.39 is 20.0 Å². The fraction of sp³-hybridized carbons (Fsp3) is 0. The van der Waals surface area contributed by atoms with Crippen LogP contribution in [0.3, 0.4) is 0 Å². The lowest BCUT2D eigenvalue weighted by Crippen LogP contribution is -2.14. The maximum Gasteiger partial charge on any atom is 0.261 e. The molecule has 0 saturated heterocycles. The van der Waals surface area contributed by atoms with Gasteiger partial charge in [-0.15, -0.1) is 0 Å². The van der Waals surface area contributed by atoms with E-state index in [9.17, 15) is 16.8 Å². The fourth-order valence-electron chi connectivity index (χ4n) is 2.31. The van der Waals surface area contributed by atoms with Crippen molar-refractivity contribution in [3.63, 3.8) is 0 Å². The highest BCUT2D eigenvalue weighted by Gasteiger charge is 2.18. The van der Waals surface area contributed by atoms with Crippen LogP contribution in [-0.2, 0) is 20.0 Å². The molecule has 2 N–H and O–H groups in total. The van der Waals surface area contributed by atoms with Gasteiger partial charge in [0, 0.05) is 15.7 Å². The van der Waals surface area contributed by atoms with Gasteiger partial charge in [-0.2, -0.15) is 0 Å². The summed E-state index contributed by atoms with van der Waals surface area (Å²) in [6.45, 7) is 0. The highest BCUT2D eigenvalue weighted by Crippen LogP contribution is 2.28. The Balaban J connectivity index is 1.79. The smallest absolute Gasteiger partial charge is 0.261 e. The zero-order valence-corrected chi connectivity index (χ0v) is 18.3. The van der Waals surface area contributed by atoms with Gasteiger partial charge in [0.25, 0.3) is 20.0 Å². The molecule has 3 rings (SSSR count). The van der Waals surface area contributed by atoms with Crippen molar-refractivity contribution in [1.29, 1.82) is 0 Å². The molecular formula is C18H13Cl3N2O4S2. The van der Waals surface area contributed by atoms with Crippen molar-refractivity contribution >= 4 is 66.2 Å². The van der Waals surface area contributed by atoms with E-state index >= 15 is 0 Å². The van der Waals surface area contributed by atoms with Gasteiger partial charge in [-0.05, 0) is 66.7 Å². The summed E-state index contributed by atoms with van der Waals surface area (Å²) < 4.78 is 54.6. The van der Waals surface area contributed by atoms with Gasteiger partial charge in [0.1, 0.15) is 0 Å². The fourth-order valence-corrected chi connectivity index (χ4v) is 5.08. The zero-order valence-electron chi connectivity index (χ0n) is 14.4.